The van der Waals surface area contributed by atoms with Crippen molar-refractivity contribution in [3.05, 3.63) is 14.4 Å². The van der Waals surface area contributed by atoms with Crippen LogP contribution >= 0.6 is 0 Å². The van der Waals surface area contributed by atoms with E-state index in [4.69, 9.17) is 4.74 Å². The molecule has 1 nitrogen and oxygen atoms in total. The lowest BCUT2D eigenvalue weighted by Crippen LogP contribution is -2.00. The number of hydrogen-bond acceptors (Lipinski definition) is 1. The summed E-state index contributed by atoms with van der Waals surface area (Å²) in [6.07, 6.45) is 1.18. The summed E-state index contributed by atoms with van der Waals surface area (Å²) in [5, 5.41) is 0. The van der Waals surface area contributed by atoms with Crippen LogP contribution < -0.4 is 0 Å². The molecule has 0 N–H and O–H groups in total. The maximum atomic E-state index is 4.79. The minimum atomic E-state index is 0. The zero-order chi connectivity index (χ0) is 4.99. The van der Waals surface area contributed by atoms with Crippen molar-refractivity contribution in [3.8, 4) is 0 Å². The van der Waals surface area contributed by atoms with Gasteiger partial charge in [0.25, 0.3) is 0 Å². The first kappa shape index (κ1) is 9.95. The SMILES string of the molecule is [CH2+]C(CC)OC.[CH3-]. The molecule has 0 aliphatic heterocycles. The summed E-state index contributed by atoms with van der Waals surface area (Å²) in [6.45, 7) is 5.70. The number of ether oxygens (including phenoxy) is 1. The Balaban J connectivity index is 0. The summed E-state index contributed by atoms with van der Waals surface area (Å²) >= 11 is 0. The smallest absolute Gasteiger partial charge is 0.193 e. The Hall–Kier alpha value is -0.170. The highest BCUT2D eigenvalue weighted by molar-refractivity contribution is 4.52. The molecule has 7 heavy (non-hydrogen) atoms. The Morgan fingerprint density at radius 3 is 2.14 bits per heavy atom. The lowest BCUT2D eigenvalue weighted by atomic mass is 10.3. The van der Waals surface area contributed by atoms with Crippen molar-refractivity contribution in [1.82, 2.24) is 0 Å². The van der Waals surface area contributed by atoms with Crippen LogP contribution in [0, 0.1) is 14.4 Å². The Kier molecular flexibility index (Phi) is 8.29. The summed E-state index contributed by atoms with van der Waals surface area (Å²) in [6, 6.07) is 0. The highest BCUT2D eigenvalue weighted by Crippen LogP contribution is 1.89. The average Bonchev–Trinajstić information content (AvgIpc) is 1.65. The topological polar surface area (TPSA) is 9.23 Å². The third-order valence-corrected chi connectivity index (χ3v) is 0.789. The molecule has 0 heterocycles. The molecule has 0 aliphatic rings. The fourth-order valence-electron chi connectivity index (χ4n) is 0.167. The molecule has 0 radical (unpaired) electrons. The largest absolute Gasteiger partial charge is 0.358 e. The molecule has 0 rings (SSSR count). The van der Waals surface area contributed by atoms with Gasteiger partial charge in [-0.1, -0.05) is 6.92 Å². The van der Waals surface area contributed by atoms with E-state index in [2.05, 4.69) is 6.92 Å². The first-order chi connectivity index (χ1) is 2.81. The Bertz CT molecular complexity index is 23.4. The zero-order valence-electron chi connectivity index (χ0n) is 5.40. The molecular weight excluding hydrogens is 88.1 g/mol. The van der Waals surface area contributed by atoms with Gasteiger partial charge in [-0.05, 0) is 0 Å². The van der Waals surface area contributed by atoms with E-state index in [0.29, 0.717) is 0 Å². The minimum absolute atomic E-state index is 0. The van der Waals surface area contributed by atoms with Crippen LogP contribution in [0.3, 0.4) is 0 Å². The van der Waals surface area contributed by atoms with Crippen molar-refractivity contribution >= 4 is 0 Å². The number of hydrogen-bond donors (Lipinski definition) is 0. The van der Waals surface area contributed by atoms with E-state index < -0.39 is 0 Å². The molecule has 0 saturated carbocycles. The molecular formula is C6H14O. The standard InChI is InChI=1S/C5H11O.CH3/c1-4-5(2)6-3;/h5H,2,4H2,1,3H3;1H3/q+1;-1. The van der Waals surface area contributed by atoms with Gasteiger partial charge in [-0.2, -0.15) is 0 Å². The van der Waals surface area contributed by atoms with Gasteiger partial charge in [-0.3, -0.25) is 0 Å². The predicted molar refractivity (Wildman–Crippen MR) is 32.9 cm³/mol. The second kappa shape index (κ2) is 5.83. The van der Waals surface area contributed by atoms with E-state index in [0.717, 1.165) is 6.42 Å². The van der Waals surface area contributed by atoms with Crippen LogP contribution in [0.15, 0.2) is 0 Å². The zero-order valence-corrected chi connectivity index (χ0v) is 5.40. The van der Waals surface area contributed by atoms with Crippen LogP contribution in [0.2, 0.25) is 0 Å². The van der Waals surface area contributed by atoms with E-state index in [9.17, 15) is 0 Å². The van der Waals surface area contributed by atoms with E-state index in [1.165, 1.54) is 0 Å². The van der Waals surface area contributed by atoms with Crippen LogP contribution in [0.5, 0.6) is 0 Å². The van der Waals surface area contributed by atoms with Gasteiger partial charge in [0.05, 0.1) is 6.92 Å². The Morgan fingerprint density at radius 2 is 2.14 bits per heavy atom. The first-order valence-electron chi connectivity index (χ1n) is 2.17. The minimum Gasteiger partial charge on any atom is -0.358 e. The van der Waals surface area contributed by atoms with Crippen molar-refractivity contribution in [3.63, 3.8) is 0 Å². The Morgan fingerprint density at radius 1 is 1.71 bits per heavy atom. The van der Waals surface area contributed by atoms with Gasteiger partial charge in [-0.25, -0.2) is 0 Å². The highest BCUT2D eigenvalue weighted by Gasteiger charge is 1.97. The van der Waals surface area contributed by atoms with Gasteiger partial charge in [-0.15, -0.1) is 0 Å². The summed E-state index contributed by atoms with van der Waals surface area (Å²) < 4.78 is 4.79. The quantitative estimate of drug-likeness (QED) is 0.482. The second-order valence-electron chi connectivity index (χ2n) is 1.27. The molecule has 0 aromatic carbocycles. The molecule has 0 saturated heterocycles. The van der Waals surface area contributed by atoms with Crippen LogP contribution in [0.25, 0.3) is 0 Å². The van der Waals surface area contributed by atoms with Gasteiger partial charge in [0.1, 0.15) is 0 Å². The van der Waals surface area contributed by atoms with Crippen molar-refractivity contribution in [2.75, 3.05) is 7.11 Å². The molecule has 0 aliphatic carbocycles. The van der Waals surface area contributed by atoms with E-state index in [-0.39, 0.29) is 13.5 Å². The maximum absolute atomic E-state index is 4.79. The highest BCUT2D eigenvalue weighted by atomic mass is 16.5. The van der Waals surface area contributed by atoms with E-state index in [1.54, 1.807) is 7.11 Å². The van der Waals surface area contributed by atoms with Gasteiger partial charge in [0.15, 0.2) is 6.10 Å². The molecule has 44 valence electrons. The normalized spacial score (nSPS) is 12.3. The van der Waals surface area contributed by atoms with Crippen LogP contribution in [0.1, 0.15) is 13.3 Å². The fraction of sp³-hybridized carbons (Fsp3) is 0.667. The summed E-state index contributed by atoms with van der Waals surface area (Å²) in [4.78, 5) is 0. The van der Waals surface area contributed by atoms with Crippen molar-refractivity contribution in [2.45, 2.75) is 19.4 Å². The Labute approximate surface area is 46.7 Å². The molecule has 0 amide bonds. The third kappa shape index (κ3) is 5.83. The van der Waals surface area contributed by atoms with Gasteiger partial charge < -0.3 is 12.2 Å². The molecule has 1 unspecified atom stereocenters. The van der Waals surface area contributed by atoms with Crippen molar-refractivity contribution in [1.29, 1.82) is 0 Å². The average molecular weight is 102 g/mol. The number of methoxy groups -OCH3 is 1. The number of rotatable bonds is 2. The van der Waals surface area contributed by atoms with Crippen LogP contribution in [-0.2, 0) is 4.74 Å². The summed E-state index contributed by atoms with van der Waals surface area (Å²) in [5.41, 5.74) is 0. The van der Waals surface area contributed by atoms with Gasteiger partial charge in [0, 0.05) is 13.5 Å². The molecule has 1 heteroatoms. The lowest BCUT2D eigenvalue weighted by molar-refractivity contribution is 0.136. The van der Waals surface area contributed by atoms with Gasteiger partial charge in [0.2, 0.25) is 0 Å². The lowest BCUT2D eigenvalue weighted by Gasteiger charge is -1.93. The molecule has 0 aromatic rings. The van der Waals surface area contributed by atoms with Crippen LogP contribution in [-0.4, -0.2) is 13.2 Å². The second-order valence-corrected chi connectivity index (χ2v) is 1.27. The fourth-order valence-corrected chi connectivity index (χ4v) is 0.167. The summed E-state index contributed by atoms with van der Waals surface area (Å²) in [5.74, 6) is 0. The predicted octanol–water partition coefficient (Wildman–Crippen LogP) is 1.70. The third-order valence-electron chi connectivity index (χ3n) is 0.789. The van der Waals surface area contributed by atoms with Crippen molar-refractivity contribution in [2.24, 2.45) is 0 Å². The molecule has 0 aromatic heterocycles. The molecule has 1 atom stereocenters. The molecule has 0 bridgehead atoms. The first-order valence-corrected chi connectivity index (χ1v) is 2.17. The maximum Gasteiger partial charge on any atom is 0.193 e. The summed E-state index contributed by atoms with van der Waals surface area (Å²) in [7, 11) is 1.67. The van der Waals surface area contributed by atoms with Crippen molar-refractivity contribution < 1.29 is 4.74 Å². The van der Waals surface area contributed by atoms with Gasteiger partial charge >= 0.3 is 0 Å². The molecule has 0 fully saturated rings. The molecule has 0 spiro atoms. The van der Waals surface area contributed by atoms with E-state index in [1.807, 2.05) is 6.92 Å². The van der Waals surface area contributed by atoms with E-state index >= 15 is 0 Å². The monoisotopic (exact) mass is 102 g/mol. The van der Waals surface area contributed by atoms with Crippen LogP contribution in [0.4, 0.5) is 0 Å².